The summed E-state index contributed by atoms with van der Waals surface area (Å²) in [5.41, 5.74) is 1.25. The van der Waals surface area contributed by atoms with Crippen LogP contribution in [0.25, 0.3) is 0 Å². The monoisotopic (exact) mass is 326 g/mol. The molecule has 2 amide bonds. The summed E-state index contributed by atoms with van der Waals surface area (Å²) in [6.45, 7) is 3.49. The fraction of sp³-hybridized carbons (Fsp3) is 0.579. The van der Waals surface area contributed by atoms with Crippen LogP contribution in [-0.4, -0.2) is 48.1 Å². The van der Waals surface area contributed by atoms with Crippen molar-refractivity contribution in [3.8, 4) is 6.07 Å². The number of piperazine rings is 1. The summed E-state index contributed by atoms with van der Waals surface area (Å²) in [6, 6.07) is 9.80. The van der Waals surface area contributed by atoms with Crippen LogP contribution in [0.5, 0.6) is 0 Å². The van der Waals surface area contributed by atoms with Gasteiger partial charge in [-0.15, -0.1) is 0 Å². The molecule has 1 N–H and O–H groups in total. The number of nitriles is 1. The minimum atomic E-state index is -0.0643. The molecule has 5 heteroatoms. The second-order valence-corrected chi connectivity index (χ2v) is 6.79. The van der Waals surface area contributed by atoms with E-state index in [0.717, 1.165) is 26.2 Å². The van der Waals surface area contributed by atoms with Gasteiger partial charge in [-0.1, -0.05) is 31.7 Å². The van der Waals surface area contributed by atoms with E-state index in [1.807, 2.05) is 11.0 Å². The Balaban J connectivity index is 1.50. The van der Waals surface area contributed by atoms with Gasteiger partial charge in [0.1, 0.15) is 0 Å². The lowest BCUT2D eigenvalue weighted by molar-refractivity contribution is 0.105. The highest BCUT2D eigenvalue weighted by molar-refractivity contribution is 5.89. The molecule has 2 fully saturated rings. The molecule has 1 saturated carbocycles. The predicted octanol–water partition coefficient (Wildman–Crippen LogP) is 3.43. The first-order valence-electron chi connectivity index (χ1n) is 9.06. The van der Waals surface area contributed by atoms with E-state index >= 15 is 0 Å². The van der Waals surface area contributed by atoms with Crippen molar-refractivity contribution in [2.75, 3.05) is 31.5 Å². The van der Waals surface area contributed by atoms with E-state index in [2.05, 4.69) is 16.3 Å². The predicted molar refractivity (Wildman–Crippen MR) is 94.8 cm³/mol. The highest BCUT2D eigenvalue weighted by atomic mass is 16.2. The number of carbonyl (C=O) groups is 1. The van der Waals surface area contributed by atoms with Crippen molar-refractivity contribution in [3.63, 3.8) is 0 Å². The SMILES string of the molecule is N#Cc1cccc(NC(=O)N2CCN(C3CCCCCC3)CC2)c1. The quantitative estimate of drug-likeness (QED) is 0.847. The molecule has 0 spiro atoms. The van der Waals surface area contributed by atoms with Crippen LogP contribution in [0.3, 0.4) is 0 Å². The van der Waals surface area contributed by atoms with Gasteiger partial charge in [0.2, 0.25) is 0 Å². The maximum atomic E-state index is 12.4. The Morgan fingerprint density at radius 1 is 1.08 bits per heavy atom. The molecule has 3 rings (SSSR count). The summed E-state index contributed by atoms with van der Waals surface area (Å²) in [5, 5.41) is 11.8. The van der Waals surface area contributed by atoms with Gasteiger partial charge in [-0.25, -0.2) is 4.79 Å². The van der Waals surface area contributed by atoms with Gasteiger partial charge in [-0.05, 0) is 31.0 Å². The Morgan fingerprint density at radius 3 is 2.46 bits per heavy atom. The number of urea groups is 1. The average molecular weight is 326 g/mol. The number of hydrogen-bond acceptors (Lipinski definition) is 3. The van der Waals surface area contributed by atoms with Crippen molar-refractivity contribution < 1.29 is 4.79 Å². The Labute approximate surface area is 144 Å². The van der Waals surface area contributed by atoms with Gasteiger partial charge < -0.3 is 10.2 Å². The van der Waals surface area contributed by atoms with Crippen molar-refractivity contribution in [3.05, 3.63) is 29.8 Å². The summed E-state index contributed by atoms with van der Waals surface area (Å²) in [5.74, 6) is 0. The molecule has 5 nitrogen and oxygen atoms in total. The zero-order valence-electron chi connectivity index (χ0n) is 14.2. The molecule has 1 aromatic rings. The average Bonchev–Trinajstić information content (AvgIpc) is 2.91. The van der Waals surface area contributed by atoms with Crippen LogP contribution in [-0.2, 0) is 0 Å². The van der Waals surface area contributed by atoms with Crippen LogP contribution in [0.4, 0.5) is 10.5 Å². The summed E-state index contributed by atoms with van der Waals surface area (Å²) < 4.78 is 0. The topological polar surface area (TPSA) is 59.4 Å². The number of anilines is 1. The fourth-order valence-electron chi connectivity index (χ4n) is 3.78. The van der Waals surface area contributed by atoms with Gasteiger partial charge in [-0.3, -0.25) is 4.90 Å². The molecule has 128 valence electrons. The number of nitrogens with one attached hydrogen (secondary N) is 1. The van der Waals surface area contributed by atoms with Crippen LogP contribution in [0.2, 0.25) is 0 Å². The number of hydrogen-bond donors (Lipinski definition) is 1. The zero-order valence-corrected chi connectivity index (χ0v) is 14.2. The molecular formula is C19H26N4O. The number of rotatable bonds is 2. The minimum Gasteiger partial charge on any atom is -0.322 e. The maximum Gasteiger partial charge on any atom is 0.321 e. The standard InChI is InChI=1S/C19H26N4O/c20-15-16-6-5-7-17(14-16)21-19(24)23-12-10-22(11-13-23)18-8-3-1-2-4-9-18/h5-7,14,18H,1-4,8-13H2,(H,21,24). The van der Waals surface area contributed by atoms with Crippen molar-refractivity contribution >= 4 is 11.7 Å². The molecule has 1 aliphatic carbocycles. The number of amides is 2. The first-order valence-corrected chi connectivity index (χ1v) is 9.06. The normalized spacial score (nSPS) is 20.2. The van der Waals surface area contributed by atoms with E-state index in [4.69, 9.17) is 5.26 Å². The Kier molecular flexibility index (Phi) is 5.71. The second kappa shape index (κ2) is 8.16. The lowest BCUT2D eigenvalue weighted by atomic mass is 10.1. The van der Waals surface area contributed by atoms with E-state index < -0.39 is 0 Å². The van der Waals surface area contributed by atoms with Crippen LogP contribution in [0, 0.1) is 11.3 Å². The summed E-state index contributed by atoms with van der Waals surface area (Å²) >= 11 is 0. The van der Waals surface area contributed by atoms with E-state index in [0.29, 0.717) is 17.3 Å². The Hall–Kier alpha value is -2.06. The smallest absolute Gasteiger partial charge is 0.321 e. The molecule has 0 aromatic heterocycles. The van der Waals surface area contributed by atoms with Crippen LogP contribution in [0.15, 0.2) is 24.3 Å². The molecule has 0 radical (unpaired) electrons. The van der Waals surface area contributed by atoms with Gasteiger partial charge in [0.25, 0.3) is 0 Å². The molecule has 24 heavy (non-hydrogen) atoms. The molecule has 1 saturated heterocycles. The lowest BCUT2D eigenvalue weighted by Gasteiger charge is -2.39. The molecule has 0 atom stereocenters. The van der Waals surface area contributed by atoms with Crippen molar-refractivity contribution in [1.29, 1.82) is 5.26 Å². The third kappa shape index (κ3) is 4.27. The third-order valence-corrected chi connectivity index (χ3v) is 5.19. The molecule has 2 aliphatic rings. The first-order chi connectivity index (χ1) is 11.8. The molecule has 1 aliphatic heterocycles. The summed E-state index contributed by atoms with van der Waals surface area (Å²) in [6.07, 6.45) is 8.07. The molecule has 0 bridgehead atoms. The number of nitrogens with zero attached hydrogens (tertiary/aromatic N) is 3. The van der Waals surface area contributed by atoms with E-state index in [1.165, 1.54) is 38.5 Å². The van der Waals surface area contributed by atoms with E-state index in [-0.39, 0.29) is 6.03 Å². The zero-order chi connectivity index (χ0) is 16.8. The highest BCUT2D eigenvalue weighted by Gasteiger charge is 2.26. The largest absolute Gasteiger partial charge is 0.322 e. The summed E-state index contributed by atoms with van der Waals surface area (Å²) in [7, 11) is 0. The highest BCUT2D eigenvalue weighted by Crippen LogP contribution is 2.23. The van der Waals surface area contributed by atoms with E-state index in [1.54, 1.807) is 18.2 Å². The van der Waals surface area contributed by atoms with Gasteiger partial charge in [-0.2, -0.15) is 5.26 Å². The fourth-order valence-corrected chi connectivity index (χ4v) is 3.78. The van der Waals surface area contributed by atoms with Crippen LogP contribution < -0.4 is 5.32 Å². The molecule has 0 unspecified atom stereocenters. The van der Waals surface area contributed by atoms with Gasteiger partial charge in [0, 0.05) is 37.9 Å². The molecular weight excluding hydrogens is 300 g/mol. The lowest BCUT2D eigenvalue weighted by Crippen LogP contribution is -2.52. The Bertz CT molecular complexity index is 594. The van der Waals surface area contributed by atoms with Gasteiger partial charge >= 0.3 is 6.03 Å². The Morgan fingerprint density at radius 2 is 1.79 bits per heavy atom. The minimum absolute atomic E-state index is 0.0643. The first kappa shape index (κ1) is 16.8. The van der Waals surface area contributed by atoms with Crippen molar-refractivity contribution in [2.45, 2.75) is 44.6 Å². The number of benzene rings is 1. The van der Waals surface area contributed by atoms with Crippen LogP contribution >= 0.6 is 0 Å². The van der Waals surface area contributed by atoms with Crippen LogP contribution in [0.1, 0.15) is 44.1 Å². The molecule has 1 aromatic carbocycles. The van der Waals surface area contributed by atoms with Gasteiger partial charge in [0.05, 0.1) is 11.6 Å². The summed E-state index contributed by atoms with van der Waals surface area (Å²) in [4.78, 5) is 16.9. The van der Waals surface area contributed by atoms with Crippen molar-refractivity contribution in [2.24, 2.45) is 0 Å². The van der Waals surface area contributed by atoms with Crippen molar-refractivity contribution in [1.82, 2.24) is 9.80 Å². The van der Waals surface area contributed by atoms with Gasteiger partial charge in [0.15, 0.2) is 0 Å². The third-order valence-electron chi connectivity index (χ3n) is 5.19. The number of carbonyl (C=O) groups excluding carboxylic acids is 1. The molecule has 1 heterocycles. The van der Waals surface area contributed by atoms with E-state index in [9.17, 15) is 4.79 Å². The maximum absolute atomic E-state index is 12.4. The second-order valence-electron chi connectivity index (χ2n) is 6.79.